The third-order valence-corrected chi connectivity index (χ3v) is 3.42. The van der Waals surface area contributed by atoms with Gasteiger partial charge in [-0.2, -0.15) is 4.98 Å². The van der Waals surface area contributed by atoms with E-state index in [9.17, 15) is 10.1 Å². The SMILES string of the molecule is CNc1nc(C)nc(Oc2c(Br)cccc2[N+](=O)[O-])c1C. The van der Waals surface area contributed by atoms with Crippen molar-refractivity contribution in [1.29, 1.82) is 0 Å². The number of nitro benzene ring substituents is 1. The molecule has 2 rings (SSSR count). The number of nitrogens with zero attached hydrogens (tertiary/aromatic N) is 3. The number of ether oxygens (including phenoxy) is 1. The van der Waals surface area contributed by atoms with E-state index in [1.807, 2.05) is 0 Å². The van der Waals surface area contributed by atoms with E-state index >= 15 is 0 Å². The molecule has 0 aliphatic rings. The van der Waals surface area contributed by atoms with E-state index in [1.54, 1.807) is 33.0 Å². The molecule has 0 spiro atoms. The largest absolute Gasteiger partial charge is 0.430 e. The first kappa shape index (κ1) is 15.2. The van der Waals surface area contributed by atoms with E-state index in [-0.39, 0.29) is 17.3 Å². The van der Waals surface area contributed by atoms with Crippen LogP contribution >= 0.6 is 15.9 Å². The maximum atomic E-state index is 11.1. The number of anilines is 1. The molecule has 1 heterocycles. The summed E-state index contributed by atoms with van der Waals surface area (Å²) in [6.07, 6.45) is 0. The van der Waals surface area contributed by atoms with Crippen LogP contribution in [0.25, 0.3) is 0 Å². The predicted octanol–water partition coefficient (Wildman–Crippen LogP) is 3.60. The standard InChI is InChI=1S/C13H13BrN4O3/c1-7-12(15-3)16-8(2)17-13(7)21-11-9(14)5-4-6-10(11)18(19)20/h4-6H,1-3H3,(H,15,16,17). The molecule has 0 radical (unpaired) electrons. The zero-order chi connectivity index (χ0) is 15.6. The first-order chi connectivity index (χ1) is 9.93. The molecule has 110 valence electrons. The number of nitro groups is 1. The Hall–Kier alpha value is -2.22. The number of nitrogens with one attached hydrogen (secondary N) is 1. The second-order valence-electron chi connectivity index (χ2n) is 4.25. The normalized spacial score (nSPS) is 10.3. The first-order valence-electron chi connectivity index (χ1n) is 6.07. The maximum absolute atomic E-state index is 11.1. The van der Waals surface area contributed by atoms with Crippen LogP contribution in [0.3, 0.4) is 0 Å². The molecule has 0 atom stereocenters. The minimum atomic E-state index is -0.498. The first-order valence-corrected chi connectivity index (χ1v) is 6.87. The van der Waals surface area contributed by atoms with Crippen LogP contribution in [-0.4, -0.2) is 21.9 Å². The number of para-hydroxylation sites is 1. The average Bonchev–Trinajstić information content (AvgIpc) is 2.44. The van der Waals surface area contributed by atoms with Crippen LogP contribution in [0.15, 0.2) is 22.7 Å². The topological polar surface area (TPSA) is 90.2 Å². The molecular weight excluding hydrogens is 340 g/mol. The fraction of sp³-hybridized carbons (Fsp3) is 0.231. The molecular formula is C13H13BrN4O3. The fourth-order valence-corrected chi connectivity index (χ4v) is 2.22. The second kappa shape index (κ2) is 6.04. The fourth-order valence-electron chi connectivity index (χ4n) is 1.78. The monoisotopic (exact) mass is 352 g/mol. The smallest absolute Gasteiger partial charge is 0.312 e. The van der Waals surface area contributed by atoms with Crippen LogP contribution in [0.1, 0.15) is 11.4 Å². The highest BCUT2D eigenvalue weighted by Crippen LogP contribution is 2.38. The Kier molecular flexibility index (Phi) is 4.37. The quantitative estimate of drug-likeness (QED) is 0.667. The Labute approximate surface area is 129 Å². The Morgan fingerprint density at radius 2 is 2.05 bits per heavy atom. The van der Waals surface area contributed by atoms with Crippen LogP contribution < -0.4 is 10.1 Å². The summed E-state index contributed by atoms with van der Waals surface area (Å²) in [4.78, 5) is 19.0. The highest BCUT2D eigenvalue weighted by atomic mass is 79.9. The minimum Gasteiger partial charge on any atom is -0.430 e. The molecule has 0 saturated heterocycles. The Morgan fingerprint density at radius 3 is 2.67 bits per heavy atom. The third kappa shape index (κ3) is 3.10. The van der Waals surface area contributed by atoms with Crippen molar-refractivity contribution in [2.24, 2.45) is 0 Å². The second-order valence-corrected chi connectivity index (χ2v) is 5.10. The highest BCUT2D eigenvalue weighted by molar-refractivity contribution is 9.10. The molecule has 21 heavy (non-hydrogen) atoms. The molecule has 0 bridgehead atoms. The van der Waals surface area contributed by atoms with Crippen LogP contribution in [0.2, 0.25) is 0 Å². The summed E-state index contributed by atoms with van der Waals surface area (Å²) in [5.74, 6) is 1.52. The number of hydrogen-bond donors (Lipinski definition) is 1. The lowest BCUT2D eigenvalue weighted by Crippen LogP contribution is -2.04. The Bertz CT molecular complexity index is 706. The maximum Gasteiger partial charge on any atom is 0.312 e. The van der Waals surface area contributed by atoms with Gasteiger partial charge in [0.2, 0.25) is 11.6 Å². The lowest BCUT2D eigenvalue weighted by atomic mass is 10.3. The molecule has 1 aromatic carbocycles. The van der Waals surface area contributed by atoms with E-state index in [2.05, 4.69) is 31.2 Å². The van der Waals surface area contributed by atoms with E-state index in [4.69, 9.17) is 4.74 Å². The summed E-state index contributed by atoms with van der Waals surface area (Å²) in [5, 5.41) is 14.0. The van der Waals surface area contributed by atoms with Gasteiger partial charge in [-0.25, -0.2) is 4.98 Å². The number of aryl methyl sites for hydroxylation is 1. The van der Waals surface area contributed by atoms with Crippen LogP contribution in [-0.2, 0) is 0 Å². The van der Waals surface area contributed by atoms with Crippen molar-refractivity contribution in [3.05, 3.63) is 44.2 Å². The van der Waals surface area contributed by atoms with Gasteiger partial charge in [-0.3, -0.25) is 10.1 Å². The van der Waals surface area contributed by atoms with Crippen LogP contribution in [0.5, 0.6) is 11.6 Å². The number of aromatic nitrogens is 2. The van der Waals surface area contributed by atoms with Crippen molar-refractivity contribution in [3.8, 4) is 11.6 Å². The Balaban J connectivity index is 2.53. The summed E-state index contributed by atoms with van der Waals surface area (Å²) < 4.78 is 6.16. The molecule has 8 heteroatoms. The van der Waals surface area contributed by atoms with Gasteiger partial charge in [0.25, 0.3) is 0 Å². The summed E-state index contributed by atoms with van der Waals surface area (Å²) in [5.41, 5.74) is 0.541. The van der Waals surface area contributed by atoms with Gasteiger partial charge in [-0.15, -0.1) is 0 Å². The van der Waals surface area contributed by atoms with Gasteiger partial charge in [0.15, 0.2) is 0 Å². The summed E-state index contributed by atoms with van der Waals surface area (Å²) in [6.45, 7) is 3.50. The molecule has 2 aromatic rings. The van der Waals surface area contributed by atoms with Gasteiger partial charge in [0.1, 0.15) is 11.6 Å². The summed E-state index contributed by atoms with van der Waals surface area (Å²) >= 11 is 3.26. The van der Waals surface area contributed by atoms with Gasteiger partial charge in [-0.1, -0.05) is 6.07 Å². The number of halogens is 1. The molecule has 1 N–H and O–H groups in total. The van der Waals surface area contributed by atoms with Gasteiger partial charge in [0, 0.05) is 13.1 Å². The van der Waals surface area contributed by atoms with Crippen molar-refractivity contribution in [2.45, 2.75) is 13.8 Å². The zero-order valence-electron chi connectivity index (χ0n) is 11.7. The highest BCUT2D eigenvalue weighted by Gasteiger charge is 2.21. The van der Waals surface area contributed by atoms with Crippen molar-refractivity contribution in [3.63, 3.8) is 0 Å². The molecule has 0 aliphatic carbocycles. The van der Waals surface area contributed by atoms with Crippen molar-refractivity contribution in [2.75, 3.05) is 12.4 Å². The van der Waals surface area contributed by atoms with Gasteiger partial charge in [-0.05, 0) is 35.8 Å². The predicted molar refractivity (Wildman–Crippen MR) is 81.9 cm³/mol. The van der Waals surface area contributed by atoms with E-state index < -0.39 is 4.92 Å². The van der Waals surface area contributed by atoms with Crippen molar-refractivity contribution in [1.82, 2.24) is 9.97 Å². The van der Waals surface area contributed by atoms with Crippen LogP contribution in [0.4, 0.5) is 11.5 Å². The lowest BCUT2D eigenvalue weighted by molar-refractivity contribution is -0.385. The molecule has 0 fully saturated rings. The molecule has 1 aromatic heterocycles. The lowest BCUT2D eigenvalue weighted by Gasteiger charge is -2.12. The van der Waals surface area contributed by atoms with Crippen molar-refractivity contribution < 1.29 is 9.66 Å². The molecule has 0 aliphatic heterocycles. The van der Waals surface area contributed by atoms with Gasteiger partial charge < -0.3 is 10.1 Å². The summed E-state index contributed by atoms with van der Waals surface area (Å²) in [7, 11) is 1.74. The average molecular weight is 353 g/mol. The molecule has 0 unspecified atom stereocenters. The Morgan fingerprint density at radius 1 is 1.33 bits per heavy atom. The van der Waals surface area contributed by atoms with Crippen LogP contribution in [0, 0.1) is 24.0 Å². The van der Waals surface area contributed by atoms with Gasteiger partial charge >= 0.3 is 5.69 Å². The van der Waals surface area contributed by atoms with E-state index in [0.717, 1.165) is 0 Å². The third-order valence-electron chi connectivity index (χ3n) is 2.79. The zero-order valence-corrected chi connectivity index (χ0v) is 13.3. The molecule has 0 saturated carbocycles. The number of hydrogen-bond acceptors (Lipinski definition) is 6. The number of benzene rings is 1. The van der Waals surface area contributed by atoms with E-state index in [1.165, 1.54) is 6.07 Å². The van der Waals surface area contributed by atoms with Gasteiger partial charge in [0.05, 0.1) is 15.0 Å². The van der Waals surface area contributed by atoms with Crippen molar-refractivity contribution >= 4 is 27.4 Å². The molecule has 0 amide bonds. The van der Waals surface area contributed by atoms with E-state index in [0.29, 0.717) is 21.7 Å². The number of rotatable bonds is 4. The summed E-state index contributed by atoms with van der Waals surface area (Å²) in [6, 6.07) is 4.62. The minimum absolute atomic E-state index is 0.116. The molecule has 7 nitrogen and oxygen atoms in total.